The maximum atomic E-state index is 12.1. The lowest BCUT2D eigenvalue weighted by atomic mass is 10.1. The highest BCUT2D eigenvalue weighted by molar-refractivity contribution is 7.89. The van der Waals surface area contributed by atoms with Gasteiger partial charge in [0.1, 0.15) is 0 Å². The monoisotopic (exact) mass is 351 g/mol. The fraction of sp³-hybridized carbons (Fsp3) is 0.438. The van der Waals surface area contributed by atoms with E-state index in [0.717, 1.165) is 29.5 Å². The van der Waals surface area contributed by atoms with Crippen molar-refractivity contribution in [2.75, 3.05) is 32.1 Å². The SMILES string of the molecule is CN(C)S(=O)(=O)c1ccc(-c2csc(N3CCCCC3)n2)cc1. The minimum atomic E-state index is -3.38. The number of aromatic nitrogens is 1. The van der Waals surface area contributed by atoms with E-state index < -0.39 is 10.0 Å². The van der Waals surface area contributed by atoms with Gasteiger partial charge in [-0.15, -0.1) is 11.3 Å². The molecule has 0 unspecified atom stereocenters. The Hall–Kier alpha value is -1.44. The summed E-state index contributed by atoms with van der Waals surface area (Å²) < 4.78 is 25.4. The van der Waals surface area contributed by atoms with E-state index in [1.54, 1.807) is 23.5 Å². The summed E-state index contributed by atoms with van der Waals surface area (Å²) in [6.45, 7) is 2.15. The van der Waals surface area contributed by atoms with Crippen molar-refractivity contribution >= 4 is 26.5 Å². The second-order valence-corrected chi connectivity index (χ2v) is 8.86. The lowest BCUT2D eigenvalue weighted by molar-refractivity contribution is 0.521. The molecule has 0 N–H and O–H groups in total. The molecule has 2 heterocycles. The van der Waals surface area contributed by atoms with Crippen LogP contribution in [0.4, 0.5) is 5.13 Å². The Bertz CT molecular complexity index is 761. The Morgan fingerprint density at radius 3 is 2.35 bits per heavy atom. The van der Waals surface area contributed by atoms with Gasteiger partial charge in [-0.05, 0) is 31.4 Å². The van der Waals surface area contributed by atoms with Crippen molar-refractivity contribution < 1.29 is 8.42 Å². The molecule has 5 nitrogen and oxygen atoms in total. The summed E-state index contributed by atoms with van der Waals surface area (Å²) >= 11 is 1.65. The van der Waals surface area contributed by atoms with Crippen LogP contribution in [-0.4, -0.2) is 44.9 Å². The number of benzene rings is 1. The number of rotatable bonds is 4. The molecule has 0 atom stereocenters. The molecule has 23 heavy (non-hydrogen) atoms. The predicted octanol–water partition coefficient (Wildman–Crippen LogP) is 3.05. The van der Waals surface area contributed by atoms with Crippen LogP contribution < -0.4 is 4.90 Å². The topological polar surface area (TPSA) is 53.5 Å². The molecule has 0 bridgehead atoms. The van der Waals surface area contributed by atoms with Crippen LogP contribution in [0.3, 0.4) is 0 Å². The van der Waals surface area contributed by atoms with Gasteiger partial charge in [0.2, 0.25) is 10.0 Å². The number of hydrogen-bond acceptors (Lipinski definition) is 5. The molecule has 1 aliphatic rings. The molecule has 0 aliphatic carbocycles. The summed E-state index contributed by atoms with van der Waals surface area (Å²) in [6, 6.07) is 6.94. The van der Waals surface area contributed by atoms with Crippen molar-refractivity contribution in [1.29, 1.82) is 0 Å². The molecule has 1 aromatic heterocycles. The molecular formula is C16H21N3O2S2. The summed E-state index contributed by atoms with van der Waals surface area (Å²) in [7, 11) is -0.308. The van der Waals surface area contributed by atoms with Crippen molar-refractivity contribution in [3.8, 4) is 11.3 Å². The molecular weight excluding hydrogens is 330 g/mol. The molecule has 1 aromatic carbocycles. The van der Waals surface area contributed by atoms with E-state index >= 15 is 0 Å². The molecule has 0 amide bonds. The van der Waals surface area contributed by atoms with Crippen molar-refractivity contribution in [2.45, 2.75) is 24.2 Å². The van der Waals surface area contributed by atoms with Gasteiger partial charge in [0.05, 0.1) is 10.6 Å². The summed E-state index contributed by atoms with van der Waals surface area (Å²) in [5, 5.41) is 3.10. The smallest absolute Gasteiger partial charge is 0.242 e. The Labute approximate surface area is 141 Å². The highest BCUT2D eigenvalue weighted by Gasteiger charge is 2.18. The number of thiazole rings is 1. The van der Waals surface area contributed by atoms with Crippen LogP contribution in [0.1, 0.15) is 19.3 Å². The normalized spacial score (nSPS) is 16.0. The molecule has 1 aliphatic heterocycles. The van der Waals surface area contributed by atoms with Crippen molar-refractivity contribution in [3.63, 3.8) is 0 Å². The Morgan fingerprint density at radius 2 is 1.74 bits per heavy atom. The van der Waals surface area contributed by atoms with E-state index in [1.165, 1.54) is 37.7 Å². The first-order chi connectivity index (χ1) is 11.0. The predicted molar refractivity (Wildman–Crippen MR) is 94.5 cm³/mol. The zero-order chi connectivity index (χ0) is 16.4. The van der Waals surface area contributed by atoms with Gasteiger partial charge in [-0.1, -0.05) is 12.1 Å². The Balaban J connectivity index is 1.81. The highest BCUT2D eigenvalue weighted by Crippen LogP contribution is 2.29. The molecule has 3 rings (SSSR count). The molecule has 1 saturated heterocycles. The van der Waals surface area contributed by atoms with Gasteiger partial charge in [-0.2, -0.15) is 0 Å². The number of anilines is 1. The number of hydrogen-bond donors (Lipinski definition) is 0. The Kier molecular flexibility index (Phi) is 4.70. The Morgan fingerprint density at radius 1 is 1.09 bits per heavy atom. The van der Waals surface area contributed by atoms with Crippen LogP contribution in [-0.2, 0) is 10.0 Å². The summed E-state index contributed by atoms with van der Waals surface area (Å²) in [5.41, 5.74) is 1.85. The average Bonchev–Trinajstić information content (AvgIpc) is 3.05. The minimum absolute atomic E-state index is 0.303. The van der Waals surface area contributed by atoms with Crippen LogP contribution in [0.25, 0.3) is 11.3 Å². The second kappa shape index (κ2) is 6.59. The molecule has 0 saturated carbocycles. The summed E-state index contributed by atoms with van der Waals surface area (Å²) in [4.78, 5) is 7.36. The molecule has 7 heteroatoms. The van der Waals surface area contributed by atoms with E-state index in [4.69, 9.17) is 4.98 Å². The van der Waals surface area contributed by atoms with Gasteiger partial charge >= 0.3 is 0 Å². The maximum Gasteiger partial charge on any atom is 0.242 e. The summed E-state index contributed by atoms with van der Waals surface area (Å²) in [6.07, 6.45) is 3.76. The highest BCUT2D eigenvalue weighted by atomic mass is 32.2. The van der Waals surface area contributed by atoms with Gasteiger partial charge in [-0.25, -0.2) is 17.7 Å². The van der Waals surface area contributed by atoms with E-state index in [2.05, 4.69) is 4.90 Å². The van der Waals surface area contributed by atoms with Crippen molar-refractivity contribution in [2.24, 2.45) is 0 Å². The minimum Gasteiger partial charge on any atom is -0.348 e. The van der Waals surface area contributed by atoms with Crippen molar-refractivity contribution in [1.82, 2.24) is 9.29 Å². The third-order valence-corrected chi connectivity index (χ3v) is 6.78. The number of nitrogens with zero attached hydrogens (tertiary/aromatic N) is 3. The van der Waals surface area contributed by atoms with E-state index in [9.17, 15) is 8.42 Å². The fourth-order valence-electron chi connectivity index (χ4n) is 2.64. The van der Waals surface area contributed by atoms with Gasteiger partial charge in [0, 0.05) is 38.1 Å². The first-order valence-corrected chi connectivity index (χ1v) is 10.0. The number of sulfonamides is 1. The van der Waals surface area contributed by atoms with E-state index in [1.807, 2.05) is 17.5 Å². The zero-order valence-electron chi connectivity index (χ0n) is 13.4. The van der Waals surface area contributed by atoms with Crippen LogP contribution >= 0.6 is 11.3 Å². The lowest BCUT2D eigenvalue weighted by Crippen LogP contribution is -2.29. The molecule has 0 spiro atoms. The quantitative estimate of drug-likeness (QED) is 0.849. The van der Waals surface area contributed by atoms with Crippen molar-refractivity contribution in [3.05, 3.63) is 29.6 Å². The van der Waals surface area contributed by atoms with Gasteiger partial charge in [-0.3, -0.25) is 0 Å². The lowest BCUT2D eigenvalue weighted by Gasteiger charge is -2.25. The standard InChI is InChI=1S/C16H21N3O2S2/c1-18(2)23(20,21)14-8-6-13(7-9-14)15-12-22-16(17-15)19-10-4-3-5-11-19/h6-9,12H,3-5,10-11H2,1-2H3. The largest absolute Gasteiger partial charge is 0.348 e. The summed E-state index contributed by atoms with van der Waals surface area (Å²) in [5.74, 6) is 0. The van der Waals surface area contributed by atoms with Gasteiger partial charge in [0.25, 0.3) is 0 Å². The van der Waals surface area contributed by atoms with Crippen LogP contribution in [0, 0.1) is 0 Å². The fourth-order valence-corrected chi connectivity index (χ4v) is 4.43. The van der Waals surface area contributed by atoms with Crippen LogP contribution in [0.5, 0.6) is 0 Å². The number of piperidine rings is 1. The third-order valence-electron chi connectivity index (χ3n) is 4.05. The van der Waals surface area contributed by atoms with Gasteiger partial charge < -0.3 is 4.90 Å². The maximum absolute atomic E-state index is 12.1. The average molecular weight is 351 g/mol. The molecule has 2 aromatic rings. The van der Waals surface area contributed by atoms with Gasteiger partial charge in [0.15, 0.2) is 5.13 Å². The first-order valence-electron chi connectivity index (χ1n) is 7.72. The zero-order valence-corrected chi connectivity index (χ0v) is 15.0. The van der Waals surface area contributed by atoms with E-state index in [0.29, 0.717) is 4.90 Å². The van der Waals surface area contributed by atoms with Crippen LogP contribution in [0.2, 0.25) is 0 Å². The van der Waals surface area contributed by atoms with E-state index in [-0.39, 0.29) is 0 Å². The first kappa shape index (κ1) is 16.4. The van der Waals surface area contributed by atoms with Crippen LogP contribution in [0.15, 0.2) is 34.5 Å². The second-order valence-electron chi connectivity index (χ2n) is 5.87. The molecule has 1 fully saturated rings. The molecule has 0 radical (unpaired) electrons. The molecule has 124 valence electrons. The third kappa shape index (κ3) is 3.41.